The lowest BCUT2D eigenvalue weighted by Gasteiger charge is -2.10. The second-order valence-electron chi connectivity index (χ2n) is 3.52. The van der Waals surface area contributed by atoms with E-state index in [0.717, 1.165) is 0 Å². The normalized spacial score (nSPS) is 11.1. The van der Waals surface area contributed by atoms with Crippen molar-refractivity contribution in [3.63, 3.8) is 0 Å². The smallest absolute Gasteiger partial charge is 0.422 e. The third-order valence-corrected chi connectivity index (χ3v) is 1.82. The molecule has 1 aromatic rings. The summed E-state index contributed by atoms with van der Waals surface area (Å²) in [7, 11) is 0. The van der Waals surface area contributed by atoms with Crippen molar-refractivity contribution in [2.24, 2.45) is 0 Å². The van der Waals surface area contributed by atoms with Crippen LogP contribution in [-0.4, -0.2) is 29.0 Å². The molecule has 0 bridgehead atoms. The van der Waals surface area contributed by atoms with Crippen LogP contribution in [0, 0.1) is 6.92 Å². The standard InChI is InChI=1S/C10H11F3N2O3/c1-6-2-7(4-14-9(16)17)3-8(15-6)18-5-10(11,12)13/h2-3,14H,4-5H2,1H3,(H,16,17). The van der Waals surface area contributed by atoms with Crippen LogP contribution in [0.5, 0.6) is 5.88 Å². The fraction of sp³-hybridized carbons (Fsp3) is 0.400. The first-order valence-corrected chi connectivity index (χ1v) is 4.90. The molecular formula is C10H11F3N2O3. The van der Waals surface area contributed by atoms with Gasteiger partial charge >= 0.3 is 12.3 Å². The largest absolute Gasteiger partial charge is 0.468 e. The van der Waals surface area contributed by atoms with Crippen molar-refractivity contribution in [3.05, 3.63) is 23.4 Å². The molecule has 0 saturated heterocycles. The third kappa shape index (κ3) is 5.37. The van der Waals surface area contributed by atoms with Gasteiger partial charge in [-0.1, -0.05) is 0 Å². The summed E-state index contributed by atoms with van der Waals surface area (Å²) in [6.07, 6.45) is -5.66. The SMILES string of the molecule is Cc1cc(CNC(=O)O)cc(OCC(F)(F)F)n1. The molecule has 0 radical (unpaired) electrons. The molecule has 8 heteroatoms. The van der Waals surface area contributed by atoms with E-state index in [1.165, 1.54) is 6.07 Å². The minimum absolute atomic E-state index is 0.0267. The predicted octanol–water partition coefficient (Wildman–Crippen LogP) is 2.10. The number of nitrogens with zero attached hydrogens (tertiary/aromatic N) is 1. The summed E-state index contributed by atoms with van der Waals surface area (Å²) in [4.78, 5) is 14.1. The number of pyridine rings is 1. The second-order valence-corrected chi connectivity index (χ2v) is 3.52. The number of hydrogen-bond donors (Lipinski definition) is 2. The number of ether oxygens (including phenoxy) is 1. The molecule has 0 atom stereocenters. The van der Waals surface area contributed by atoms with Crippen LogP contribution < -0.4 is 10.1 Å². The fourth-order valence-corrected chi connectivity index (χ4v) is 1.22. The van der Waals surface area contributed by atoms with Crippen LogP contribution in [0.1, 0.15) is 11.3 Å². The molecule has 0 spiro atoms. The summed E-state index contributed by atoms with van der Waals surface area (Å²) < 4.78 is 40.3. The summed E-state index contributed by atoms with van der Waals surface area (Å²) in [5.41, 5.74) is 0.916. The number of carbonyl (C=O) groups is 1. The summed E-state index contributed by atoms with van der Waals surface area (Å²) in [5.74, 6) is -0.186. The van der Waals surface area contributed by atoms with Crippen molar-refractivity contribution >= 4 is 6.09 Å². The van der Waals surface area contributed by atoms with E-state index in [9.17, 15) is 18.0 Å². The predicted molar refractivity (Wildman–Crippen MR) is 55.4 cm³/mol. The van der Waals surface area contributed by atoms with Gasteiger partial charge in [0.25, 0.3) is 0 Å². The van der Waals surface area contributed by atoms with Crippen LogP contribution in [0.15, 0.2) is 12.1 Å². The Hall–Kier alpha value is -1.99. The second kappa shape index (κ2) is 5.56. The minimum Gasteiger partial charge on any atom is -0.468 e. The molecule has 5 nitrogen and oxygen atoms in total. The van der Waals surface area contributed by atoms with Crippen molar-refractivity contribution in [1.29, 1.82) is 0 Å². The Kier molecular flexibility index (Phi) is 4.35. The molecule has 0 unspecified atom stereocenters. The zero-order valence-electron chi connectivity index (χ0n) is 9.41. The molecule has 0 fully saturated rings. The van der Waals surface area contributed by atoms with Crippen molar-refractivity contribution in [2.45, 2.75) is 19.6 Å². The molecule has 0 saturated carbocycles. The number of hydrogen-bond acceptors (Lipinski definition) is 3. The minimum atomic E-state index is -4.44. The zero-order valence-corrected chi connectivity index (χ0v) is 9.41. The van der Waals surface area contributed by atoms with Crippen LogP contribution in [0.3, 0.4) is 0 Å². The molecule has 0 aliphatic carbocycles. The molecular weight excluding hydrogens is 253 g/mol. The number of aromatic nitrogens is 1. The van der Waals surface area contributed by atoms with E-state index >= 15 is 0 Å². The van der Waals surface area contributed by atoms with Gasteiger partial charge in [0.15, 0.2) is 6.61 Å². The molecule has 0 aromatic carbocycles. The summed E-state index contributed by atoms with van der Waals surface area (Å²) >= 11 is 0. The Morgan fingerprint density at radius 1 is 1.50 bits per heavy atom. The van der Waals surface area contributed by atoms with Crippen molar-refractivity contribution in [3.8, 4) is 5.88 Å². The van der Waals surface area contributed by atoms with Gasteiger partial charge in [0, 0.05) is 18.3 Å². The molecule has 0 aliphatic rings. The monoisotopic (exact) mass is 264 g/mol. The van der Waals surface area contributed by atoms with Crippen molar-refractivity contribution in [2.75, 3.05) is 6.61 Å². The molecule has 2 N–H and O–H groups in total. The Labute approximate surface area is 101 Å². The molecule has 100 valence electrons. The average molecular weight is 264 g/mol. The molecule has 18 heavy (non-hydrogen) atoms. The van der Waals surface area contributed by atoms with Gasteiger partial charge in [0.05, 0.1) is 0 Å². The Morgan fingerprint density at radius 2 is 2.17 bits per heavy atom. The number of aryl methyl sites for hydroxylation is 1. The Bertz CT molecular complexity index is 435. The van der Waals surface area contributed by atoms with Gasteiger partial charge in [-0.25, -0.2) is 9.78 Å². The van der Waals surface area contributed by atoms with E-state index in [-0.39, 0.29) is 12.4 Å². The van der Waals surface area contributed by atoms with Gasteiger partial charge in [-0.3, -0.25) is 0 Å². The topological polar surface area (TPSA) is 71.5 Å². The number of halogens is 3. The van der Waals surface area contributed by atoms with Gasteiger partial charge in [-0.15, -0.1) is 0 Å². The van der Waals surface area contributed by atoms with Gasteiger partial charge in [-0.05, 0) is 18.6 Å². The van der Waals surface area contributed by atoms with E-state index in [1.807, 2.05) is 0 Å². The highest BCUT2D eigenvalue weighted by Gasteiger charge is 2.28. The van der Waals surface area contributed by atoms with E-state index in [2.05, 4.69) is 15.0 Å². The van der Waals surface area contributed by atoms with Crippen LogP contribution in [-0.2, 0) is 6.54 Å². The first-order chi connectivity index (χ1) is 8.26. The lowest BCUT2D eigenvalue weighted by atomic mass is 10.2. The van der Waals surface area contributed by atoms with E-state index in [4.69, 9.17) is 5.11 Å². The first-order valence-electron chi connectivity index (χ1n) is 4.90. The van der Waals surface area contributed by atoms with E-state index in [1.54, 1.807) is 13.0 Å². The highest BCUT2D eigenvalue weighted by atomic mass is 19.4. The maximum atomic E-state index is 12.0. The van der Waals surface area contributed by atoms with Gasteiger partial charge in [-0.2, -0.15) is 13.2 Å². The van der Waals surface area contributed by atoms with Crippen molar-refractivity contribution < 1.29 is 27.8 Å². The van der Waals surface area contributed by atoms with Gasteiger partial charge in [0.2, 0.25) is 5.88 Å². The third-order valence-electron chi connectivity index (χ3n) is 1.82. The summed E-state index contributed by atoms with van der Waals surface area (Å²) in [6, 6.07) is 2.81. The fourth-order valence-electron chi connectivity index (χ4n) is 1.22. The average Bonchev–Trinajstić information content (AvgIpc) is 2.22. The number of carboxylic acid groups (broad SMARTS) is 1. The molecule has 1 heterocycles. The number of amides is 1. The molecule has 0 aliphatic heterocycles. The maximum Gasteiger partial charge on any atom is 0.422 e. The Morgan fingerprint density at radius 3 is 2.72 bits per heavy atom. The summed E-state index contributed by atoms with van der Waals surface area (Å²) in [6.45, 7) is 0.112. The van der Waals surface area contributed by atoms with Crippen molar-refractivity contribution in [1.82, 2.24) is 10.3 Å². The van der Waals surface area contributed by atoms with E-state index in [0.29, 0.717) is 11.3 Å². The van der Waals surface area contributed by atoms with E-state index < -0.39 is 18.9 Å². The quantitative estimate of drug-likeness (QED) is 0.873. The van der Waals surface area contributed by atoms with Gasteiger partial charge < -0.3 is 15.2 Å². The number of rotatable bonds is 4. The number of nitrogens with one attached hydrogen (secondary N) is 1. The van der Waals surface area contributed by atoms with Gasteiger partial charge in [0.1, 0.15) is 0 Å². The highest BCUT2D eigenvalue weighted by Crippen LogP contribution is 2.18. The van der Waals surface area contributed by atoms with Crippen LogP contribution in [0.25, 0.3) is 0 Å². The molecule has 1 amide bonds. The van der Waals surface area contributed by atoms with Crippen LogP contribution in [0.2, 0.25) is 0 Å². The van der Waals surface area contributed by atoms with Crippen LogP contribution in [0.4, 0.5) is 18.0 Å². The Balaban J connectivity index is 2.71. The lowest BCUT2D eigenvalue weighted by molar-refractivity contribution is -0.154. The maximum absolute atomic E-state index is 12.0. The zero-order chi connectivity index (χ0) is 13.8. The molecule has 1 aromatic heterocycles. The molecule has 1 rings (SSSR count). The highest BCUT2D eigenvalue weighted by molar-refractivity contribution is 5.64. The first kappa shape index (κ1) is 14.1. The summed E-state index contributed by atoms with van der Waals surface area (Å²) in [5, 5.41) is 10.5. The number of alkyl halides is 3. The lowest BCUT2D eigenvalue weighted by Crippen LogP contribution is -2.21. The van der Waals surface area contributed by atoms with Crippen LogP contribution >= 0.6 is 0 Å².